The van der Waals surface area contributed by atoms with E-state index in [0.717, 1.165) is 11.1 Å². The highest BCUT2D eigenvalue weighted by Gasteiger charge is 2.26. The van der Waals surface area contributed by atoms with Crippen LogP contribution in [0.15, 0.2) is 48.5 Å². The number of carbonyl (C=O) groups excluding carboxylic acids is 2. The summed E-state index contributed by atoms with van der Waals surface area (Å²) in [5, 5.41) is 2.73. The number of ether oxygens (including phenoxy) is 1. The fourth-order valence-corrected chi connectivity index (χ4v) is 2.66. The highest BCUT2D eigenvalue weighted by molar-refractivity contribution is 5.87. The molecule has 144 valence electrons. The SMILES string of the molecule is CCNC(=O)[C@H](C)N(Cc1ccccc1C)C(=O)COc1ccccc1F. The van der Waals surface area contributed by atoms with Crippen LogP contribution in [0.2, 0.25) is 0 Å². The molecule has 0 saturated heterocycles. The van der Waals surface area contributed by atoms with Gasteiger partial charge in [-0.25, -0.2) is 4.39 Å². The second-order valence-electron chi connectivity index (χ2n) is 6.24. The normalized spacial score (nSPS) is 11.6. The van der Waals surface area contributed by atoms with Crippen LogP contribution in [0.25, 0.3) is 0 Å². The van der Waals surface area contributed by atoms with Crippen LogP contribution in [0.1, 0.15) is 25.0 Å². The maximum atomic E-state index is 13.7. The molecule has 0 unspecified atom stereocenters. The number of para-hydroxylation sites is 1. The number of aryl methyl sites for hydroxylation is 1. The summed E-state index contributed by atoms with van der Waals surface area (Å²) < 4.78 is 19.1. The Bertz CT molecular complexity index is 795. The number of carbonyl (C=O) groups is 2. The van der Waals surface area contributed by atoms with Crippen LogP contribution in [0.5, 0.6) is 5.75 Å². The third kappa shape index (κ3) is 5.54. The third-order valence-electron chi connectivity index (χ3n) is 4.31. The summed E-state index contributed by atoms with van der Waals surface area (Å²) in [6.45, 7) is 5.83. The van der Waals surface area contributed by atoms with Crippen molar-refractivity contribution in [1.29, 1.82) is 0 Å². The van der Waals surface area contributed by atoms with Crippen molar-refractivity contribution in [2.75, 3.05) is 13.2 Å². The van der Waals surface area contributed by atoms with Gasteiger partial charge in [0.2, 0.25) is 5.91 Å². The van der Waals surface area contributed by atoms with Crippen LogP contribution in [0.4, 0.5) is 4.39 Å². The van der Waals surface area contributed by atoms with Gasteiger partial charge >= 0.3 is 0 Å². The van der Waals surface area contributed by atoms with Gasteiger partial charge in [-0.3, -0.25) is 9.59 Å². The van der Waals surface area contributed by atoms with Crippen LogP contribution in [0.3, 0.4) is 0 Å². The van der Waals surface area contributed by atoms with E-state index in [4.69, 9.17) is 4.74 Å². The molecule has 2 rings (SSSR count). The fraction of sp³-hybridized carbons (Fsp3) is 0.333. The summed E-state index contributed by atoms with van der Waals surface area (Å²) in [7, 11) is 0. The molecule has 0 heterocycles. The number of rotatable bonds is 8. The Labute approximate surface area is 159 Å². The van der Waals surface area contributed by atoms with Crippen molar-refractivity contribution in [3.8, 4) is 5.75 Å². The summed E-state index contributed by atoms with van der Waals surface area (Å²) in [6.07, 6.45) is 0. The minimum atomic E-state index is -0.679. The van der Waals surface area contributed by atoms with E-state index in [-0.39, 0.29) is 30.7 Å². The van der Waals surface area contributed by atoms with Crippen LogP contribution < -0.4 is 10.1 Å². The Morgan fingerprint density at radius 3 is 2.48 bits per heavy atom. The van der Waals surface area contributed by atoms with E-state index < -0.39 is 11.9 Å². The van der Waals surface area contributed by atoms with Crippen molar-refractivity contribution in [1.82, 2.24) is 10.2 Å². The van der Waals surface area contributed by atoms with Gasteiger partial charge in [0.15, 0.2) is 18.2 Å². The van der Waals surface area contributed by atoms with Crippen molar-refractivity contribution >= 4 is 11.8 Å². The molecule has 2 aromatic rings. The van der Waals surface area contributed by atoms with E-state index in [0.29, 0.717) is 6.54 Å². The van der Waals surface area contributed by atoms with Crippen LogP contribution in [-0.4, -0.2) is 35.9 Å². The minimum absolute atomic E-state index is 0.00681. The first-order valence-corrected chi connectivity index (χ1v) is 8.93. The Morgan fingerprint density at radius 2 is 1.81 bits per heavy atom. The highest BCUT2D eigenvalue weighted by Crippen LogP contribution is 2.17. The smallest absolute Gasteiger partial charge is 0.261 e. The molecule has 0 aliphatic heterocycles. The first-order chi connectivity index (χ1) is 12.9. The van der Waals surface area contributed by atoms with Crippen molar-refractivity contribution in [3.05, 3.63) is 65.5 Å². The summed E-state index contributed by atoms with van der Waals surface area (Å²) in [4.78, 5) is 26.5. The molecule has 0 fully saturated rings. The van der Waals surface area contributed by atoms with Gasteiger partial charge in [0.25, 0.3) is 5.91 Å². The van der Waals surface area contributed by atoms with Gasteiger partial charge in [-0.05, 0) is 44.0 Å². The molecular formula is C21H25FN2O3. The van der Waals surface area contributed by atoms with Crippen molar-refractivity contribution in [2.24, 2.45) is 0 Å². The monoisotopic (exact) mass is 372 g/mol. The largest absolute Gasteiger partial charge is 0.481 e. The summed E-state index contributed by atoms with van der Waals surface area (Å²) >= 11 is 0. The third-order valence-corrected chi connectivity index (χ3v) is 4.31. The van der Waals surface area contributed by atoms with Crippen molar-refractivity contribution < 1.29 is 18.7 Å². The van der Waals surface area contributed by atoms with E-state index in [2.05, 4.69) is 5.32 Å². The molecule has 5 nitrogen and oxygen atoms in total. The van der Waals surface area contributed by atoms with Crippen LogP contribution in [-0.2, 0) is 16.1 Å². The lowest BCUT2D eigenvalue weighted by Gasteiger charge is -2.29. The lowest BCUT2D eigenvalue weighted by molar-refractivity contribution is -0.142. The molecule has 1 N–H and O–H groups in total. The number of hydrogen-bond donors (Lipinski definition) is 1. The lowest BCUT2D eigenvalue weighted by atomic mass is 10.1. The molecular weight excluding hydrogens is 347 g/mol. The molecule has 27 heavy (non-hydrogen) atoms. The predicted molar refractivity (Wildman–Crippen MR) is 102 cm³/mol. The zero-order valence-electron chi connectivity index (χ0n) is 15.9. The molecule has 0 aliphatic rings. The molecule has 1 atom stereocenters. The number of nitrogens with one attached hydrogen (secondary N) is 1. The van der Waals surface area contributed by atoms with Gasteiger partial charge in [-0.2, -0.15) is 0 Å². The molecule has 0 saturated carbocycles. The Balaban J connectivity index is 2.17. The van der Waals surface area contributed by atoms with Gasteiger partial charge < -0.3 is 15.0 Å². The number of amides is 2. The van der Waals surface area contributed by atoms with Crippen LogP contribution in [0, 0.1) is 12.7 Å². The number of halogens is 1. The average molecular weight is 372 g/mol. The zero-order valence-corrected chi connectivity index (χ0v) is 15.9. The van der Waals surface area contributed by atoms with Gasteiger partial charge in [0.1, 0.15) is 6.04 Å². The Morgan fingerprint density at radius 1 is 1.15 bits per heavy atom. The molecule has 0 aromatic heterocycles. The van der Waals surface area contributed by atoms with E-state index in [1.807, 2.05) is 38.1 Å². The summed E-state index contributed by atoms with van der Waals surface area (Å²) in [6, 6.07) is 12.9. The Kier molecular flexibility index (Phi) is 7.34. The predicted octanol–water partition coefficient (Wildman–Crippen LogP) is 3.07. The lowest BCUT2D eigenvalue weighted by Crippen LogP contribution is -2.49. The fourth-order valence-electron chi connectivity index (χ4n) is 2.66. The molecule has 6 heteroatoms. The van der Waals surface area contributed by atoms with Crippen LogP contribution >= 0.6 is 0 Å². The topological polar surface area (TPSA) is 58.6 Å². The molecule has 2 aromatic carbocycles. The van der Waals surface area contributed by atoms with E-state index in [1.165, 1.54) is 17.0 Å². The molecule has 2 amide bonds. The quantitative estimate of drug-likeness (QED) is 0.775. The van der Waals surface area contributed by atoms with E-state index in [9.17, 15) is 14.0 Å². The van der Waals surface area contributed by atoms with Gasteiger partial charge in [0, 0.05) is 13.1 Å². The van der Waals surface area contributed by atoms with Gasteiger partial charge in [-0.1, -0.05) is 36.4 Å². The van der Waals surface area contributed by atoms with Crippen molar-refractivity contribution in [3.63, 3.8) is 0 Å². The second kappa shape index (κ2) is 9.71. The maximum absolute atomic E-state index is 13.7. The average Bonchev–Trinajstić information content (AvgIpc) is 2.66. The van der Waals surface area contributed by atoms with Crippen molar-refractivity contribution in [2.45, 2.75) is 33.4 Å². The molecule has 0 aliphatic carbocycles. The Hall–Kier alpha value is -2.89. The molecule has 0 spiro atoms. The molecule has 0 bridgehead atoms. The standard InChI is InChI=1S/C21H25FN2O3/c1-4-23-21(26)16(3)24(13-17-10-6-5-9-15(17)2)20(25)14-27-19-12-8-7-11-18(19)22/h5-12,16H,4,13-14H2,1-3H3,(H,23,26)/t16-/m0/s1. The minimum Gasteiger partial charge on any atom is -0.481 e. The number of benzene rings is 2. The summed E-state index contributed by atoms with van der Waals surface area (Å²) in [5.74, 6) is -1.16. The van der Waals surface area contributed by atoms with E-state index >= 15 is 0 Å². The number of likely N-dealkylation sites (N-methyl/N-ethyl adjacent to an activating group) is 1. The van der Waals surface area contributed by atoms with Gasteiger partial charge in [-0.15, -0.1) is 0 Å². The van der Waals surface area contributed by atoms with E-state index in [1.54, 1.807) is 19.1 Å². The number of hydrogen-bond acceptors (Lipinski definition) is 3. The first-order valence-electron chi connectivity index (χ1n) is 8.93. The number of nitrogens with zero attached hydrogens (tertiary/aromatic N) is 1. The molecule has 0 radical (unpaired) electrons. The second-order valence-corrected chi connectivity index (χ2v) is 6.24. The maximum Gasteiger partial charge on any atom is 0.261 e. The van der Waals surface area contributed by atoms with Gasteiger partial charge in [0.05, 0.1) is 0 Å². The highest BCUT2D eigenvalue weighted by atomic mass is 19.1. The summed E-state index contributed by atoms with van der Waals surface area (Å²) in [5.41, 5.74) is 1.96. The first kappa shape index (κ1) is 20.4. The zero-order chi connectivity index (χ0) is 19.8.